The number of hydrogen-bond donors (Lipinski definition) is 2. The molecule has 0 radical (unpaired) electrons. The molecular formula is C12H15BrClN3. The van der Waals surface area contributed by atoms with E-state index in [1.807, 2.05) is 12.1 Å². The van der Waals surface area contributed by atoms with Crippen LogP contribution in [0.15, 0.2) is 21.6 Å². The largest absolute Gasteiger partial charge is 0.354 e. The fourth-order valence-electron chi connectivity index (χ4n) is 1.73. The summed E-state index contributed by atoms with van der Waals surface area (Å²) in [7, 11) is 0. The van der Waals surface area contributed by atoms with Gasteiger partial charge < -0.3 is 10.6 Å². The Morgan fingerprint density at radius 2 is 2.24 bits per heavy atom. The van der Waals surface area contributed by atoms with Gasteiger partial charge in [-0.25, -0.2) is 0 Å². The van der Waals surface area contributed by atoms with E-state index in [4.69, 9.17) is 11.6 Å². The van der Waals surface area contributed by atoms with Gasteiger partial charge in [-0.1, -0.05) is 31.5 Å². The van der Waals surface area contributed by atoms with Crippen LogP contribution in [0, 0.1) is 0 Å². The maximum Gasteiger partial charge on any atom is 0.195 e. The molecule has 17 heavy (non-hydrogen) atoms. The second kappa shape index (κ2) is 5.27. The van der Waals surface area contributed by atoms with Gasteiger partial charge >= 0.3 is 0 Å². The molecule has 0 fully saturated rings. The first kappa shape index (κ1) is 12.7. The van der Waals surface area contributed by atoms with Crippen molar-refractivity contribution in [1.82, 2.24) is 5.32 Å². The first-order valence-corrected chi connectivity index (χ1v) is 6.80. The molecule has 0 amide bonds. The third-order valence-electron chi connectivity index (χ3n) is 2.66. The van der Waals surface area contributed by atoms with E-state index in [1.54, 1.807) is 0 Å². The zero-order chi connectivity index (χ0) is 12.4. The van der Waals surface area contributed by atoms with E-state index in [9.17, 15) is 0 Å². The second-order valence-electron chi connectivity index (χ2n) is 4.26. The minimum atomic E-state index is 0.398. The van der Waals surface area contributed by atoms with E-state index < -0.39 is 0 Å². The highest BCUT2D eigenvalue weighted by molar-refractivity contribution is 9.10. The maximum absolute atomic E-state index is 6.41. The SMILES string of the molecule is CC(C)c1ccc(Br)c(NC2=NCCN2)c1Cl. The fraction of sp³-hybridized carbons (Fsp3) is 0.417. The molecule has 1 aromatic carbocycles. The summed E-state index contributed by atoms with van der Waals surface area (Å²) in [6, 6.07) is 4.06. The number of halogens is 2. The molecule has 0 aliphatic carbocycles. The summed E-state index contributed by atoms with van der Waals surface area (Å²) >= 11 is 9.92. The minimum absolute atomic E-state index is 0.398. The molecule has 0 saturated heterocycles. The van der Waals surface area contributed by atoms with Crippen molar-refractivity contribution in [3.63, 3.8) is 0 Å². The van der Waals surface area contributed by atoms with E-state index >= 15 is 0 Å². The summed E-state index contributed by atoms with van der Waals surface area (Å²) in [6.45, 7) is 5.94. The van der Waals surface area contributed by atoms with Crippen molar-refractivity contribution in [3.05, 3.63) is 27.2 Å². The highest BCUT2D eigenvalue weighted by Crippen LogP contribution is 2.36. The Bertz CT molecular complexity index is 457. The molecule has 2 N–H and O–H groups in total. The number of anilines is 1. The summed E-state index contributed by atoms with van der Waals surface area (Å²) in [6.07, 6.45) is 0. The van der Waals surface area contributed by atoms with Gasteiger partial charge in [0.05, 0.1) is 17.3 Å². The van der Waals surface area contributed by atoms with Crippen LogP contribution in [0.4, 0.5) is 5.69 Å². The number of nitrogens with zero attached hydrogens (tertiary/aromatic N) is 1. The van der Waals surface area contributed by atoms with Crippen LogP contribution < -0.4 is 10.6 Å². The van der Waals surface area contributed by atoms with E-state index in [0.717, 1.165) is 39.8 Å². The van der Waals surface area contributed by atoms with Crippen molar-refractivity contribution in [2.24, 2.45) is 4.99 Å². The van der Waals surface area contributed by atoms with Gasteiger partial charge in [-0.3, -0.25) is 4.99 Å². The van der Waals surface area contributed by atoms with Crippen molar-refractivity contribution in [3.8, 4) is 0 Å². The molecule has 3 nitrogen and oxygen atoms in total. The topological polar surface area (TPSA) is 36.4 Å². The highest BCUT2D eigenvalue weighted by atomic mass is 79.9. The Morgan fingerprint density at radius 1 is 1.47 bits per heavy atom. The zero-order valence-corrected chi connectivity index (χ0v) is 12.2. The average Bonchev–Trinajstić information content (AvgIpc) is 2.76. The second-order valence-corrected chi connectivity index (χ2v) is 5.49. The van der Waals surface area contributed by atoms with Crippen molar-refractivity contribution < 1.29 is 0 Å². The van der Waals surface area contributed by atoms with Crippen molar-refractivity contribution in [2.45, 2.75) is 19.8 Å². The van der Waals surface area contributed by atoms with Crippen molar-refractivity contribution in [1.29, 1.82) is 0 Å². The lowest BCUT2D eigenvalue weighted by Crippen LogP contribution is -2.26. The van der Waals surface area contributed by atoms with Crippen LogP contribution in [0.1, 0.15) is 25.3 Å². The Kier molecular flexibility index (Phi) is 3.94. The summed E-state index contributed by atoms with van der Waals surface area (Å²) in [5, 5.41) is 7.16. The summed E-state index contributed by atoms with van der Waals surface area (Å²) < 4.78 is 0.948. The van der Waals surface area contributed by atoms with Crippen molar-refractivity contribution >= 4 is 39.2 Å². The van der Waals surface area contributed by atoms with Crippen LogP contribution in [0.25, 0.3) is 0 Å². The van der Waals surface area contributed by atoms with Crippen LogP contribution in [-0.4, -0.2) is 19.0 Å². The molecule has 0 spiro atoms. The maximum atomic E-state index is 6.41. The molecular weight excluding hydrogens is 302 g/mol. The number of aliphatic imine (C=N–C) groups is 1. The highest BCUT2D eigenvalue weighted by Gasteiger charge is 2.15. The van der Waals surface area contributed by atoms with Gasteiger partial charge in [-0.05, 0) is 33.5 Å². The summed E-state index contributed by atoms with van der Waals surface area (Å²) in [5.41, 5.74) is 2.02. The Morgan fingerprint density at radius 3 is 2.82 bits per heavy atom. The number of nitrogens with one attached hydrogen (secondary N) is 2. The first-order chi connectivity index (χ1) is 8.09. The van der Waals surface area contributed by atoms with Gasteiger partial charge in [0.2, 0.25) is 0 Å². The molecule has 1 aromatic rings. The van der Waals surface area contributed by atoms with Gasteiger partial charge in [-0.2, -0.15) is 0 Å². The average molecular weight is 317 g/mol. The van der Waals surface area contributed by atoms with Crippen LogP contribution in [-0.2, 0) is 0 Å². The monoisotopic (exact) mass is 315 g/mol. The Hall–Kier alpha value is -0.740. The smallest absolute Gasteiger partial charge is 0.195 e. The third-order valence-corrected chi connectivity index (χ3v) is 3.73. The minimum Gasteiger partial charge on any atom is -0.354 e. The number of rotatable bonds is 2. The lowest BCUT2D eigenvalue weighted by Gasteiger charge is -2.15. The lowest BCUT2D eigenvalue weighted by molar-refractivity contribution is 0.867. The van der Waals surface area contributed by atoms with E-state index in [-0.39, 0.29) is 0 Å². The molecule has 2 rings (SSSR count). The lowest BCUT2D eigenvalue weighted by atomic mass is 10.0. The zero-order valence-electron chi connectivity index (χ0n) is 9.85. The Balaban J connectivity index is 2.34. The standard InChI is InChI=1S/C12H15BrClN3/c1-7(2)8-3-4-9(13)11(10(8)14)17-12-15-5-6-16-12/h3-4,7H,5-6H2,1-2H3,(H2,15,16,17). The normalized spacial score (nSPS) is 14.8. The quantitative estimate of drug-likeness (QED) is 0.874. The molecule has 5 heteroatoms. The molecule has 1 aliphatic rings. The van der Waals surface area contributed by atoms with Gasteiger partial charge in [0.15, 0.2) is 5.96 Å². The van der Waals surface area contributed by atoms with Crippen LogP contribution in [0.5, 0.6) is 0 Å². The summed E-state index contributed by atoms with van der Waals surface area (Å²) in [4.78, 5) is 4.30. The van der Waals surface area contributed by atoms with Gasteiger partial charge in [-0.15, -0.1) is 0 Å². The van der Waals surface area contributed by atoms with Crippen LogP contribution in [0.3, 0.4) is 0 Å². The fourth-order valence-corrected chi connectivity index (χ4v) is 2.70. The number of hydrogen-bond acceptors (Lipinski definition) is 3. The molecule has 1 aliphatic heterocycles. The number of guanidine groups is 1. The summed E-state index contributed by atoms with van der Waals surface area (Å²) in [5.74, 6) is 1.18. The molecule has 92 valence electrons. The molecule has 0 unspecified atom stereocenters. The predicted molar refractivity (Wildman–Crippen MR) is 77.2 cm³/mol. The van der Waals surface area contributed by atoms with Crippen LogP contribution in [0.2, 0.25) is 5.02 Å². The van der Waals surface area contributed by atoms with E-state index in [1.165, 1.54) is 0 Å². The van der Waals surface area contributed by atoms with Gasteiger partial charge in [0.1, 0.15) is 0 Å². The molecule has 0 bridgehead atoms. The third kappa shape index (κ3) is 2.75. The Labute approximate surface area is 115 Å². The van der Waals surface area contributed by atoms with Gasteiger partial charge in [0.25, 0.3) is 0 Å². The number of benzene rings is 1. The first-order valence-electron chi connectivity index (χ1n) is 5.63. The van der Waals surface area contributed by atoms with Crippen LogP contribution >= 0.6 is 27.5 Å². The predicted octanol–water partition coefficient (Wildman–Crippen LogP) is 3.60. The molecule has 0 atom stereocenters. The van der Waals surface area contributed by atoms with Gasteiger partial charge in [0, 0.05) is 11.0 Å². The molecule has 0 saturated carbocycles. The molecule has 1 heterocycles. The van der Waals surface area contributed by atoms with E-state index in [2.05, 4.69) is 45.4 Å². The van der Waals surface area contributed by atoms with E-state index in [0.29, 0.717) is 5.92 Å². The van der Waals surface area contributed by atoms with Crippen molar-refractivity contribution in [2.75, 3.05) is 18.4 Å². The molecule has 0 aromatic heterocycles.